The van der Waals surface area contributed by atoms with Gasteiger partial charge in [-0.15, -0.1) is 0 Å². The first-order valence-electron chi connectivity index (χ1n) is 5.06. The van der Waals surface area contributed by atoms with Gasteiger partial charge >= 0.3 is 0 Å². The monoisotopic (exact) mass is 312 g/mol. The summed E-state index contributed by atoms with van der Waals surface area (Å²) < 4.78 is -0.249. The molecule has 0 aliphatic carbocycles. The Morgan fingerprint density at radius 2 is 1.80 bits per heavy atom. The molecular formula is C13H13IO. The summed E-state index contributed by atoms with van der Waals surface area (Å²) in [6.45, 7) is 0. The number of hydrogen-bond donors (Lipinski definition) is 1. The van der Waals surface area contributed by atoms with Gasteiger partial charge in [0.2, 0.25) is 0 Å². The van der Waals surface area contributed by atoms with Crippen LogP contribution in [0, 0.1) is 0 Å². The maximum Gasteiger partial charge on any atom is 0.105 e. The van der Waals surface area contributed by atoms with Crippen molar-refractivity contribution in [1.29, 1.82) is 0 Å². The number of aliphatic hydroxyl groups is 1. The number of benzene rings is 2. The van der Waals surface area contributed by atoms with E-state index < -0.39 is 0 Å². The van der Waals surface area contributed by atoms with Crippen molar-refractivity contribution in [1.82, 2.24) is 0 Å². The van der Waals surface area contributed by atoms with E-state index in [0.717, 1.165) is 12.8 Å². The number of alkyl halides is 1. The summed E-state index contributed by atoms with van der Waals surface area (Å²) in [5, 5.41) is 11.9. The molecule has 0 bridgehead atoms. The molecule has 0 radical (unpaired) electrons. The van der Waals surface area contributed by atoms with E-state index >= 15 is 0 Å². The molecule has 2 aromatic rings. The Kier molecular flexibility index (Phi) is 3.59. The SMILES string of the molecule is OC(I)CCc1cccc2ccccc12. The molecule has 0 spiro atoms. The molecule has 78 valence electrons. The van der Waals surface area contributed by atoms with E-state index in [1.54, 1.807) is 0 Å². The summed E-state index contributed by atoms with van der Waals surface area (Å²) in [4.78, 5) is 0. The second-order valence-electron chi connectivity index (χ2n) is 3.61. The van der Waals surface area contributed by atoms with Crippen molar-refractivity contribution in [2.24, 2.45) is 0 Å². The number of halogens is 1. The van der Waals surface area contributed by atoms with Crippen LogP contribution in [0.5, 0.6) is 0 Å². The van der Waals surface area contributed by atoms with Crippen LogP contribution in [0.15, 0.2) is 42.5 Å². The molecule has 0 aliphatic rings. The molecule has 0 heterocycles. The summed E-state index contributed by atoms with van der Waals surface area (Å²) in [7, 11) is 0. The fourth-order valence-electron chi connectivity index (χ4n) is 1.79. The Balaban J connectivity index is 2.34. The van der Waals surface area contributed by atoms with E-state index in [2.05, 4.69) is 42.5 Å². The van der Waals surface area contributed by atoms with Crippen LogP contribution in [0.25, 0.3) is 10.8 Å². The van der Waals surface area contributed by atoms with E-state index in [1.165, 1.54) is 16.3 Å². The zero-order valence-electron chi connectivity index (χ0n) is 8.36. The molecule has 0 fully saturated rings. The molecular weight excluding hydrogens is 299 g/mol. The van der Waals surface area contributed by atoms with Crippen molar-refractivity contribution < 1.29 is 5.11 Å². The molecule has 15 heavy (non-hydrogen) atoms. The predicted molar refractivity (Wildman–Crippen MR) is 72.3 cm³/mol. The lowest BCUT2D eigenvalue weighted by molar-refractivity contribution is 0.269. The lowest BCUT2D eigenvalue weighted by atomic mass is 10.0. The number of aryl methyl sites for hydroxylation is 1. The third kappa shape index (κ3) is 2.69. The molecule has 2 rings (SSSR count). The van der Waals surface area contributed by atoms with Gasteiger partial charge in [0.15, 0.2) is 0 Å². The Morgan fingerprint density at radius 3 is 2.60 bits per heavy atom. The standard InChI is InChI=1S/C13H13IO/c14-13(15)9-8-11-6-3-5-10-4-1-2-7-12(10)11/h1-7,13,15H,8-9H2. The van der Waals surface area contributed by atoms with Gasteiger partial charge in [-0.1, -0.05) is 65.1 Å². The minimum Gasteiger partial charge on any atom is -0.383 e. The number of rotatable bonds is 3. The fourth-order valence-corrected chi connectivity index (χ4v) is 2.10. The highest BCUT2D eigenvalue weighted by Crippen LogP contribution is 2.20. The molecule has 0 saturated carbocycles. The van der Waals surface area contributed by atoms with Crippen molar-refractivity contribution in [3.63, 3.8) is 0 Å². The maximum absolute atomic E-state index is 9.27. The van der Waals surface area contributed by atoms with Crippen molar-refractivity contribution in [3.8, 4) is 0 Å². The van der Waals surface area contributed by atoms with Gasteiger partial charge in [0.05, 0.1) is 0 Å². The molecule has 1 unspecified atom stereocenters. The van der Waals surface area contributed by atoms with E-state index in [4.69, 9.17) is 0 Å². The smallest absolute Gasteiger partial charge is 0.105 e. The lowest BCUT2D eigenvalue weighted by Gasteiger charge is -2.07. The lowest BCUT2D eigenvalue weighted by Crippen LogP contribution is -1.97. The third-order valence-corrected chi connectivity index (χ3v) is 3.15. The van der Waals surface area contributed by atoms with Crippen LogP contribution in [-0.4, -0.2) is 9.22 Å². The predicted octanol–water partition coefficient (Wildman–Crippen LogP) is 3.53. The average Bonchev–Trinajstić information content (AvgIpc) is 2.26. The van der Waals surface area contributed by atoms with Gasteiger partial charge in [0.25, 0.3) is 0 Å². The molecule has 0 aromatic heterocycles. The Labute approximate surface area is 103 Å². The van der Waals surface area contributed by atoms with Gasteiger partial charge in [-0.05, 0) is 29.2 Å². The van der Waals surface area contributed by atoms with Gasteiger partial charge in [-0.3, -0.25) is 0 Å². The minimum atomic E-state index is -0.249. The molecule has 0 amide bonds. The normalized spacial score (nSPS) is 12.9. The Bertz CT molecular complexity index is 446. The number of hydrogen-bond acceptors (Lipinski definition) is 1. The maximum atomic E-state index is 9.27. The first-order chi connectivity index (χ1) is 7.27. The Hall–Kier alpha value is -0.610. The number of aliphatic hydroxyl groups excluding tert-OH is 1. The van der Waals surface area contributed by atoms with Gasteiger partial charge in [0, 0.05) is 0 Å². The highest BCUT2D eigenvalue weighted by Gasteiger charge is 2.02. The van der Waals surface area contributed by atoms with Gasteiger partial charge in [-0.2, -0.15) is 0 Å². The fraction of sp³-hybridized carbons (Fsp3) is 0.231. The van der Waals surface area contributed by atoms with E-state index in [9.17, 15) is 5.11 Å². The molecule has 0 saturated heterocycles. The van der Waals surface area contributed by atoms with Crippen LogP contribution in [-0.2, 0) is 6.42 Å². The van der Waals surface area contributed by atoms with Crippen LogP contribution >= 0.6 is 22.6 Å². The molecule has 1 nitrogen and oxygen atoms in total. The van der Waals surface area contributed by atoms with Crippen molar-refractivity contribution >= 4 is 33.4 Å². The summed E-state index contributed by atoms with van der Waals surface area (Å²) in [5.74, 6) is 0. The molecule has 2 heteroatoms. The largest absolute Gasteiger partial charge is 0.383 e. The second-order valence-corrected chi connectivity index (χ2v) is 5.05. The number of fused-ring (bicyclic) bond motifs is 1. The first-order valence-corrected chi connectivity index (χ1v) is 6.31. The average molecular weight is 312 g/mol. The first kappa shape index (κ1) is 10.9. The van der Waals surface area contributed by atoms with Crippen molar-refractivity contribution in [2.45, 2.75) is 17.0 Å². The van der Waals surface area contributed by atoms with Crippen LogP contribution in [0.4, 0.5) is 0 Å². The summed E-state index contributed by atoms with van der Waals surface area (Å²) >= 11 is 2.05. The minimum absolute atomic E-state index is 0.249. The molecule has 1 atom stereocenters. The van der Waals surface area contributed by atoms with Crippen LogP contribution in [0.2, 0.25) is 0 Å². The summed E-state index contributed by atoms with van der Waals surface area (Å²) in [6, 6.07) is 14.7. The summed E-state index contributed by atoms with van der Waals surface area (Å²) in [6.07, 6.45) is 1.75. The van der Waals surface area contributed by atoms with Crippen LogP contribution in [0.1, 0.15) is 12.0 Å². The topological polar surface area (TPSA) is 20.2 Å². The molecule has 0 aliphatic heterocycles. The zero-order chi connectivity index (χ0) is 10.7. The second kappa shape index (κ2) is 4.94. The van der Waals surface area contributed by atoms with Crippen LogP contribution < -0.4 is 0 Å². The highest BCUT2D eigenvalue weighted by atomic mass is 127. The van der Waals surface area contributed by atoms with Gasteiger partial charge in [0.1, 0.15) is 4.11 Å². The van der Waals surface area contributed by atoms with E-state index in [0.29, 0.717) is 0 Å². The molecule has 2 aromatic carbocycles. The van der Waals surface area contributed by atoms with E-state index in [1.807, 2.05) is 22.6 Å². The summed E-state index contributed by atoms with van der Waals surface area (Å²) in [5.41, 5.74) is 1.32. The van der Waals surface area contributed by atoms with Crippen molar-refractivity contribution in [3.05, 3.63) is 48.0 Å². The molecule has 1 N–H and O–H groups in total. The van der Waals surface area contributed by atoms with Gasteiger partial charge < -0.3 is 5.11 Å². The third-order valence-electron chi connectivity index (χ3n) is 2.53. The quantitative estimate of drug-likeness (QED) is 0.679. The van der Waals surface area contributed by atoms with Crippen molar-refractivity contribution in [2.75, 3.05) is 0 Å². The highest BCUT2D eigenvalue weighted by molar-refractivity contribution is 14.1. The van der Waals surface area contributed by atoms with Gasteiger partial charge in [-0.25, -0.2) is 0 Å². The Morgan fingerprint density at radius 1 is 1.07 bits per heavy atom. The van der Waals surface area contributed by atoms with E-state index in [-0.39, 0.29) is 4.11 Å². The van der Waals surface area contributed by atoms with Crippen LogP contribution in [0.3, 0.4) is 0 Å². The zero-order valence-corrected chi connectivity index (χ0v) is 10.5.